The summed E-state index contributed by atoms with van der Waals surface area (Å²) in [7, 11) is -1.90. The number of hydrogen-bond donors (Lipinski definition) is 1. The third-order valence-electron chi connectivity index (χ3n) is 3.82. The Labute approximate surface area is 146 Å². The highest BCUT2D eigenvalue weighted by Crippen LogP contribution is 2.30. The molecule has 1 fully saturated rings. The molecule has 1 heterocycles. The first-order chi connectivity index (χ1) is 9.98. The fourth-order valence-corrected chi connectivity index (χ4v) is 4.95. The van der Waals surface area contributed by atoms with E-state index >= 15 is 0 Å². The number of sulfonamides is 1. The molecule has 1 aliphatic rings. The van der Waals surface area contributed by atoms with Crippen molar-refractivity contribution in [3.63, 3.8) is 0 Å². The van der Waals surface area contributed by atoms with Crippen molar-refractivity contribution >= 4 is 38.4 Å². The van der Waals surface area contributed by atoms with Crippen LogP contribution in [0.3, 0.4) is 0 Å². The van der Waals surface area contributed by atoms with Crippen LogP contribution < -0.4 is 10.5 Å². The molecule has 2 N–H and O–H groups in total. The molecule has 2 rings (SSSR count). The van der Waals surface area contributed by atoms with Crippen LogP contribution in [0.15, 0.2) is 27.6 Å². The van der Waals surface area contributed by atoms with E-state index in [1.54, 1.807) is 29.6 Å². The van der Waals surface area contributed by atoms with Gasteiger partial charge in [0.1, 0.15) is 5.75 Å². The van der Waals surface area contributed by atoms with Crippen molar-refractivity contribution in [2.75, 3.05) is 26.7 Å². The van der Waals surface area contributed by atoms with Crippen molar-refractivity contribution in [2.24, 2.45) is 11.7 Å². The van der Waals surface area contributed by atoms with Crippen molar-refractivity contribution < 1.29 is 13.2 Å². The van der Waals surface area contributed by atoms with E-state index in [4.69, 9.17) is 10.5 Å². The molecule has 1 atom stereocenters. The molecular formula is C14H22BrClN2O3S. The Morgan fingerprint density at radius 1 is 1.45 bits per heavy atom. The Hall–Kier alpha value is -0.340. The lowest BCUT2D eigenvalue weighted by molar-refractivity contribution is 0.258. The zero-order valence-electron chi connectivity index (χ0n) is 12.5. The van der Waals surface area contributed by atoms with E-state index in [0.717, 1.165) is 19.3 Å². The molecule has 0 spiro atoms. The predicted molar refractivity (Wildman–Crippen MR) is 93.1 cm³/mol. The van der Waals surface area contributed by atoms with Gasteiger partial charge in [-0.1, -0.05) is 0 Å². The summed E-state index contributed by atoms with van der Waals surface area (Å²) in [6.07, 6.45) is 2.81. The summed E-state index contributed by atoms with van der Waals surface area (Å²) in [4.78, 5) is 0.295. The van der Waals surface area contributed by atoms with E-state index < -0.39 is 10.0 Å². The molecular weight excluding hydrogens is 392 g/mol. The fourth-order valence-electron chi connectivity index (χ4n) is 2.67. The maximum atomic E-state index is 12.7. The monoisotopic (exact) mass is 412 g/mol. The first-order valence-corrected chi connectivity index (χ1v) is 9.26. The Bertz CT molecular complexity index is 596. The third-order valence-corrected chi connectivity index (χ3v) is 6.30. The number of benzene rings is 1. The number of nitrogens with zero attached hydrogens (tertiary/aromatic N) is 1. The number of ether oxygens (including phenoxy) is 1. The highest BCUT2D eigenvalue weighted by molar-refractivity contribution is 9.10. The fraction of sp³-hybridized carbons (Fsp3) is 0.571. The average Bonchev–Trinajstić information content (AvgIpc) is 2.48. The van der Waals surface area contributed by atoms with Gasteiger partial charge in [-0.15, -0.1) is 12.4 Å². The summed E-state index contributed by atoms with van der Waals surface area (Å²) in [5.74, 6) is 0.980. The van der Waals surface area contributed by atoms with Crippen molar-refractivity contribution in [2.45, 2.75) is 24.2 Å². The van der Waals surface area contributed by atoms with Crippen molar-refractivity contribution in [1.82, 2.24) is 4.31 Å². The van der Waals surface area contributed by atoms with Crippen molar-refractivity contribution in [3.8, 4) is 5.75 Å². The van der Waals surface area contributed by atoms with Gasteiger partial charge in [-0.25, -0.2) is 8.42 Å². The van der Waals surface area contributed by atoms with Gasteiger partial charge < -0.3 is 10.5 Å². The van der Waals surface area contributed by atoms with Crippen LogP contribution in [0, 0.1) is 5.92 Å². The number of piperidine rings is 1. The van der Waals surface area contributed by atoms with Crippen LogP contribution in [0.25, 0.3) is 0 Å². The van der Waals surface area contributed by atoms with Gasteiger partial charge in [0.25, 0.3) is 0 Å². The molecule has 1 aromatic carbocycles. The maximum Gasteiger partial charge on any atom is 0.243 e. The third kappa shape index (κ3) is 4.35. The van der Waals surface area contributed by atoms with Gasteiger partial charge >= 0.3 is 0 Å². The average molecular weight is 414 g/mol. The number of halogens is 2. The summed E-state index contributed by atoms with van der Waals surface area (Å²) in [6, 6.07) is 4.85. The zero-order chi connectivity index (χ0) is 15.5. The topological polar surface area (TPSA) is 72.6 Å². The lowest BCUT2D eigenvalue weighted by atomic mass is 9.96. The second-order valence-electron chi connectivity index (χ2n) is 5.25. The molecule has 1 saturated heterocycles. The summed E-state index contributed by atoms with van der Waals surface area (Å²) >= 11 is 3.34. The maximum absolute atomic E-state index is 12.7. The molecule has 0 saturated carbocycles. The minimum Gasteiger partial charge on any atom is -0.496 e. The molecule has 0 bridgehead atoms. The first-order valence-electron chi connectivity index (χ1n) is 7.02. The predicted octanol–water partition coefficient (Wildman–Crippen LogP) is 2.63. The molecule has 5 nitrogen and oxygen atoms in total. The lowest BCUT2D eigenvalue weighted by Gasteiger charge is -2.31. The minimum absolute atomic E-state index is 0. The Morgan fingerprint density at radius 3 is 2.77 bits per heavy atom. The summed E-state index contributed by atoms with van der Waals surface area (Å²) in [5, 5.41) is 0. The Kier molecular flexibility index (Phi) is 7.61. The van der Waals surface area contributed by atoms with Crippen LogP contribution in [0.5, 0.6) is 5.75 Å². The number of rotatable bonds is 5. The van der Waals surface area contributed by atoms with Gasteiger partial charge in [-0.2, -0.15) is 4.31 Å². The Balaban J connectivity index is 0.00000242. The summed E-state index contributed by atoms with van der Waals surface area (Å²) < 4.78 is 32.8. The van der Waals surface area contributed by atoms with Gasteiger partial charge in [0.2, 0.25) is 10.0 Å². The second-order valence-corrected chi connectivity index (χ2v) is 8.04. The molecule has 0 aromatic heterocycles. The lowest BCUT2D eigenvalue weighted by Crippen LogP contribution is -2.40. The molecule has 1 unspecified atom stereocenters. The largest absolute Gasteiger partial charge is 0.496 e. The number of methoxy groups -OCH3 is 1. The molecule has 0 amide bonds. The Morgan fingerprint density at radius 2 is 2.18 bits per heavy atom. The van der Waals surface area contributed by atoms with Crippen molar-refractivity contribution in [1.29, 1.82) is 0 Å². The van der Waals surface area contributed by atoms with E-state index in [1.165, 1.54) is 0 Å². The highest BCUT2D eigenvalue weighted by Gasteiger charge is 2.30. The number of hydrogen-bond acceptors (Lipinski definition) is 4. The van der Waals surface area contributed by atoms with Crippen molar-refractivity contribution in [3.05, 3.63) is 22.7 Å². The van der Waals surface area contributed by atoms with Crippen LogP contribution >= 0.6 is 28.3 Å². The molecule has 126 valence electrons. The van der Waals surface area contributed by atoms with Gasteiger partial charge in [0.15, 0.2) is 0 Å². The first kappa shape index (κ1) is 19.7. The molecule has 0 aliphatic carbocycles. The van der Waals surface area contributed by atoms with E-state index in [0.29, 0.717) is 40.7 Å². The van der Waals surface area contributed by atoms with Crippen LogP contribution in [0.1, 0.15) is 19.3 Å². The second kappa shape index (κ2) is 8.49. The molecule has 1 aromatic rings. The molecule has 22 heavy (non-hydrogen) atoms. The van der Waals surface area contributed by atoms with Crippen LogP contribution in [-0.4, -0.2) is 39.5 Å². The SMILES string of the molecule is COc1ccc(S(=O)(=O)N2CCCC(CCN)C2)cc1Br.Cl. The standard InChI is InChI=1S/C14H21BrN2O3S.ClH/c1-20-14-5-4-12(9-13(14)15)21(18,19)17-8-2-3-11(10-17)6-7-16;/h4-5,9,11H,2-3,6-8,10,16H2,1H3;1H. The zero-order valence-corrected chi connectivity index (χ0v) is 15.7. The number of nitrogens with two attached hydrogens (primary N) is 1. The van der Waals surface area contributed by atoms with Crippen LogP contribution in [0.4, 0.5) is 0 Å². The van der Waals surface area contributed by atoms with Gasteiger partial charge in [0.05, 0.1) is 16.5 Å². The van der Waals surface area contributed by atoms with Crippen LogP contribution in [-0.2, 0) is 10.0 Å². The van der Waals surface area contributed by atoms with E-state index in [2.05, 4.69) is 15.9 Å². The normalized spacial score (nSPS) is 19.5. The summed E-state index contributed by atoms with van der Waals surface area (Å²) in [6.45, 7) is 1.74. The van der Waals surface area contributed by atoms with Gasteiger partial charge in [-0.05, 0) is 65.9 Å². The van der Waals surface area contributed by atoms with E-state index in [-0.39, 0.29) is 12.4 Å². The highest BCUT2D eigenvalue weighted by atomic mass is 79.9. The molecule has 8 heteroatoms. The smallest absolute Gasteiger partial charge is 0.243 e. The van der Waals surface area contributed by atoms with E-state index in [9.17, 15) is 8.42 Å². The molecule has 1 aliphatic heterocycles. The van der Waals surface area contributed by atoms with E-state index in [1.807, 2.05) is 0 Å². The molecule has 0 radical (unpaired) electrons. The van der Waals surface area contributed by atoms with Gasteiger partial charge in [0, 0.05) is 13.1 Å². The summed E-state index contributed by atoms with van der Waals surface area (Å²) in [5.41, 5.74) is 5.59. The minimum atomic E-state index is -3.45. The van der Waals surface area contributed by atoms with Gasteiger partial charge in [-0.3, -0.25) is 0 Å². The quantitative estimate of drug-likeness (QED) is 0.805. The van der Waals surface area contributed by atoms with Crippen LogP contribution in [0.2, 0.25) is 0 Å².